The number of hydrogen-bond donors (Lipinski definition) is 1. The van der Waals surface area contributed by atoms with Gasteiger partial charge in [0.15, 0.2) is 0 Å². The van der Waals surface area contributed by atoms with E-state index in [0.717, 1.165) is 30.6 Å². The Morgan fingerprint density at radius 2 is 1.83 bits per heavy atom. The minimum atomic E-state index is -0.0597. The van der Waals surface area contributed by atoms with Crippen LogP contribution < -0.4 is 5.43 Å². The normalized spacial score (nSPS) is 14.8. The zero-order valence-corrected chi connectivity index (χ0v) is 13.1. The summed E-state index contributed by atoms with van der Waals surface area (Å²) in [5.74, 6) is 1.08. The maximum atomic E-state index is 13.0. The van der Waals surface area contributed by atoms with E-state index in [-0.39, 0.29) is 17.1 Å². The fourth-order valence-electron chi connectivity index (χ4n) is 3.05. The summed E-state index contributed by atoms with van der Waals surface area (Å²) >= 11 is 5.96. The van der Waals surface area contributed by atoms with Crippen molar-refractivity contribution in [3.63, 3.8) is 0 Å². The van der Waals surface area contributed by atoms with Crippen LogP contribution in [0.25, 0.3) is 22.1 Å². The number of phenolic OH excluding ortho intramolecular Hbond substituents is 1. The molecule has 0 saturated heterocycles. The first-order chi connectivity index (χ1) is 11.1. The van der Waals surface area contributed by atoms with E-state index in [0.29, 0.717) is 21.6 Å². The summed E-state index contributed by atoms with van der Waals surface area (Å²) < 4.78 is 6.05. The molecule has 1 heterocycles. The van der Waals surface area contributed by atoms with Crippen LogP contribution in [0.3, 0.4) is 0 Å². The topological polar surface area (TPSA) is 50.4 Å². The molecule has 1 fully saturated rings. The fourth-order valence-corrected chi connectivity index (χ4v) is 3.17. The van der Waals surface area contributed by atoms with Gasteiger partial charge in [0.05, 0.1) is 10.9 Å². The van der Waals surface area contributed by atoms with Gasteiger partial charge < -0.3 is 9.52 Å². The van der Waals surface area contributed by atoms with Crippen molar-refractivity contribution in [2.75, 3.05) is 0 Å². The predicted molar refractivity (Wildman–Crippen MR) is 91.2 cm³/mol. The average molecular weight is 327 g/mol. The number of aromatic hydroxyl groups is 1. The number of halogens is 1. The van der Waals surface area contributed by atoms with Gasteiger partial charge in [-0.1, -0.05) is 30.2 Å². The van der Waals surface area contributed by atoms with Crippen molar-refractivity contribution in [2.45, 2.75) is 25.2 Å². The number of phenols is 1. The minimum absolute atomic E-state index is 0.0597. The Labute approximate surface area is 138 Å². The van der Waals surface area contributed by atoms with E-state index in [1.165, 1.54) is 12.1 Å². The Morgan fingerprint density at radius 3 is 2.48 bits per heavy atom. The van der Waals surface area contributed by atoms with Gasteiger partial charge in [-0.15, -0.1) is 0 Å². The van der Waals surface area contributed by atoms with Crippen LogP contribution in [0.15, 0.2) is 51.7 Å². The van der Waals surface area contributed by atoms with E-state index in [1.54, 1.807) is 18.2 Å². The molecule has 0 radical (unpaired) electrons. The molecule has 0 bridgehead atoms. The highest BCUT2D eigenvalue weighted by molar-refractivity contribution is 6.30. The third-order valence-electron chi connectivity index (χ3n) is 4.51. The molecule has 3 nitrogen and oxygen atoms in total. The van der Waals surface area contributed by atoms with E-state index in [2.05, 4.69) is 0 Å². The van der Waals surface area contributed by atoms with Crippen LogP contribution >= 0.6 is 11.6 Å². The van der Waals surface area contributed by atoms with Gasteiger partial charge in [0, 0.05) is 17.0 Å². The van der Waals surface area contributed by atoms with Gasteiger partial charge in [0.1, 0.15) is 17.1 Å². The summed E-state index contributed by atoms with van der Waals surface area (Å²) in [5.41, 5.74) is 1.81. The van der Waals surface area contributed by atoms with E-state index in [9.17, 15) is 9.90 Å². The summed E-state index contributed by atoms with van der Waals surface area (Å²) in [7, 11) is 0. The molecular weight excluding hydrogens is 312 g/mol. The Bertz CT molecular complexity index is 937. The van der Waals surface area contributed by atoms with Gasteiger partial charge in [-0.05, 0) is 42.7 Å². The van der Waals surface area contributed by atoms with Gasteiger partial charge >= 0.3 is 0 Å². The van der Waals surface area contributed by atoms with Crippen LogP contribution in [0.4, 0.5) is 0 Å². The van der Waals surface area contributed by atoms with Gasteiger partial charge in [0.25, 0.3) is 0 Å². The molecule has 0 amide bonds. The quantitative estimate of drug-likeness (QED) is 0.714. The van der Waals surface area contributed by atoms with Crippen molar-refractivity contribution in [1.29, 1.82) is 0 Å². The first-order valence-electron chi connectivity index (χ1n) is 7.69. The Hall–Kier alpha value is -2.26. The Kier molecular flexibility index (Phi) is 3.38. The highest BCUT2D eigenvalue weighted by Crippen LogP contribution is 2.41. The van der Waals surface area contributed by atoms with Crippen LogP contribution in [0.2, 0.25) is 5.02 Å². The predicted octanol–water partition coefficient (Wildman–Crippen LogP) is 5.09. The van der Waals surface area contributed by atoms with Crippen molar-refractivity contribution in [3.8, 4) is 16.9 Å². The second kappa shape index (κ2) is 5.43. The highest BCUT2D eigenvalue weighted by Gasteiger charge is 2.28. The molecule has 1 aromatic heterocycles. The molecule has 1 saturated carbocycles. The van der Waals surface area contributed by atoms with Gasteiger partial charge in [-0.3, -0.25) is 4.79 Å². The van der Waals surface area contributed by atoms with E-state index < -0.39 is 0 Å². The van der Waals surface area contributed by atoms with E-state index in [4.69, 9.17) is 16.0 Å². The molecule has 116 valence electrons. The lowest BCUT2D eigenvalue weighted by Crippen LogP contribution is -2.16. The summed E-state index contributed by atoms with van der Waals surface area (Å²) in [6.07, 6.45) is 3.19. The third kappa shape index (κ3) is 2.41. The molecule has 0 aliphatic heterocycles. The van der Waals surface area contributed by atoms with Crippen molar-refractivity contribution in [1.82, 2.24) is 0 Å². The van der Waals surface area contributed by atoms with Gasteiger partial charge in [-0.25, -0.2) is 0 Å². The average Bonchev–Trinajstić information content (AvgIpc) is 2.47. The summed E-state index contributed by atoms with van der Waals surface area (Å²) in [6, 6.07) is 11.9. The summed E-state index contributed by atoms with van der Waals surface area (Å²) in [4.78, 5) is 13.0. The molecule has 0 spiro atoms. The maximum absolute atomic E-state index is 13.0. The maximum Gasteiger partial charge on any atom is 0.200 e. The first-order valence-corrected chi connectivity index (χ1v) is 8.07. The van der Waals surface area contributed by atoms with Gasteiger partial charge in [0.2, 0.25) is 5.43 Å². The Morgan fingerprint density at radius 1 is 1.09 bits per heavy atom. The minimum Gasteiger partial charge on any atom is -0.508 e. The lowest BCUT2D eigenvalue weighted by atomic mass is 9.80. The molecule has 1 aliphatic rings. The third-order valence-corrected chi connectivity index (χ3v) is 4.76. The molecule has 0 atom stereocenters. The second-order valence-electron chi connectivity index (χ2n) is 5.99. The monoisotopic (exact) mass is 326 g/mol. The van der Waals surface area contributed by atoms with Crippen molar-refractivity contribution < 1.29 is 9.52 Å². The van der Waals surface area contributed by atoms with E-state index in [1.807, 2.05) is 12.1 Å². The molecular formula is C19H15ClO3. The molecule has 1 aliphatic carbocycles. The first kappa shape index (κ1) is 14.3. The highest BCUT2D eigenvalue weighted by atomic mass is 35.5. The molecule has 3 aromatic rings. The van der Waals surface area contributed by atoms with E-state index >= 15 is 0 Å². The molecule has 4 rings (SSSR count). The molecule has 1 N–H and O–H groups in total. The zero-order valence-electron chi connectivity index (χ0n) is 12.4. The second-order valence-corrected chi connectivity index (χ2v) is 6.42. The van der Waals surface area contributed by atoms with Crippen molar-refractivity contribution in [3.05, 3.63) is 63.5 Å². The standard InChI is InChI=1S/C19H15ClO3/c20-13-6-4-11(5-7-13)17-18(22)15-9-8-14(21)10-16(15)23-19(17)12-2-1-3-12/h4-10,12,21H,1-3H2. The van der Waals surface area contributed by atoms with Crippen LogP contribution in [-0.2, 0) is 0 Å². The van der Waals surface area contributed by atoms with Crippen LogP contribution in [-0.4, -0.2) is 5.11 Å². The van der Waals surface area contributed by atoms with Crippen molar-refractivity contribution >= 4 is 22.6 Å². The number of hydrogen-bond acceptors (Lipinski definition) is 3. The van der Waals surface area contributed by atoms with Crippen LogP contribution in [0.1, 0.15) is 30.9 Å². The van der Waals surface area contributed by atoms with Crippen molar-refractivity contribution in [2.24, 2.45) is 0 Å². The molecule has 2 aromatic carbocycles. The SMILES string of the molecule is O=c1c(-c2ccc(Cl)cc2)c(C2CCC2)oc2cc(O)ccc12. The zero-order chi connectivity index (χ0) is 16.0. The molecule has 4 heteroatoms. The number of fused-ring (bicyclic) bond motifs is 1. The van der Waals surface area contributed by atoms with Gasteiger partial charge in [-0.2, -0.15) is 0 Å². The molecule has 23 heavy (non-hydrogen) atoms. The largest absolute Gasteiger partial charge is 0.508 e. The Balaban J connectivity index is 2.03. The number of rotatable bonds is 2. The lowest BCUT2D eigenvalue weighted by molar-refractivity contribution is 0.353. The fraction of sp³-hybridized carbons (Fsp3) is 0.211. The van der Waals surface area contributed by atoms with Crippen LogP contribution in [0.5, 0.6) is 5.75 Å². The molecule has 0 unspecified atom stereocenters. The number of benzene rings is 2. The summed E-state index contributed by atoms with van der Waals surface area (Å²) in [5, 5.41) is 10.8. The lowest BCUT2D eigenvalue weighted by Gasteiger charge is -2.26. The smallest absolute Gasteiger partial charge is 0.200 e. The summed E-state index contributed by atoms with van der Waals surface area (Å²) in [6.45, 7) is 0. The van der Waals surface area contributed by atoms with Crippen LogP contribution in [0, 0.1) is 0 Å².